The van der Waals surface area contributed by atoms with Gasteiger partial charge in [-0.05, 0) is 64.7 Å². The van der Waals surface area contributed by atoms with Gasteiger partial charge in [-0.1, -0.05) is 29.8 Å². The van der Waals surface area contributed by atoms with Gasteiger partial charge in [0, 0.05) is 17.5 Å². The van der Waals surface area contributed by atoms with Crippen LogP contribution in [0.1, 0.15) is 26.4 Å². The molecule has 1 amide bonds. The molecule has 0 aliphatic rings. The minimum atomic E-state index is -0.305. The van der Waals surface area contributed by atoms with Crippen LogP contribution in [0.5, 0.6) is 0 Å². The topological polar surface area (TPSA) is 63.4 Å². The van der Waals surface area contributed by atoms with E-state index in [2.05, 4.69) is 21.6 Å². The normalized spacial score (nSPS) is 11.3. The first kappa shape index (κ1) is 19.3. The van der Waals surface area contributed by atoms with E-state index in [1.54, 1.807) is 21.5 Å². The molecule has 154 valence electrons. The predicted molar refractivity (Wildman–Crippen MR) is 117 cm³/mol. The second-order valence-corrected chi connectivity index (χ2v) is 8.36. The van der Waals surface area contributed by atoms with E-state index in [9.17, 15) is 9.18 Å². The molecule has 0 saturated heterocycles. The van der Waals surface area contributed by atoms with Crippen LogP contribution < -0.4 is 0 Å². The molecule has 31 heavy (non-hydrogen) atoms. The van der Waals surface area contributed by atoms with Crippen molar-refractivity contribution in [3.05, 3.63) is 93.4 Å². The third kappa shape index (κ3) is 3.77. The third-order valence-corrected chi connectivity index (χ3v) is 6.02. The molecule has 3 heterocycles. The number of hydrogen-bond acceptors (Lipinski definition) is 5. The van der Waals surface area contributed by atoms with Crippen LogP contribution >= 0.6 is 11.3 Å². The summed E-state index contributed by atoms with van der Waals surface area (Å²) in [5.74, 6) is -0.393. The SMILES string of the molecule is Cc1ccc2c(c1)cc(CN(Cc1ccc(F)cc1)C(=O)c1cccs1)c1nnnn12. The van der Waals surface area contributed by atoms with Crippen LogP contribution in [0, 0.1) is 12.7 Å². The Balaban J connectivity index is 1.58. The molecule has 0 radical (unpaired) electrons. The summed E-state index contributed by atoms with van der Waals surface area (Å²) >= 11 is 1.40. The Morgan fingerprint density at radius 1 is 1.10 bits per heavy atom. The highest BCUT2D eigenvalue weighted by atomic mass is 32.1. The summed E-state index contributed by atoms with van der Waals surface area (Å²) in [6.07, 6.45) is 0. The molecule has 0 fully saturated rings. The molecule has 0 aliphatic carbocycles. The lowest BCUT2D eigenvalue weighted by Gasteiger charge is -2.23. The molecule has 8 heteroatoms. The Labute approximate surface area is 181 Å². The zero-order valence-electron chi connectivity index (χ0n) is 16.7. The summed E-state index contributed by atoms with van der Waals surface area (Å²) in [5, 5.41) is 15.1. The molecule has 5 rings (SSSR count). The van der Waals surface area contributed by atoms with Gasteiger partial charge in [0.25, 0.3) is 5.91 Å². The summed E-state index contributed by atoms with van der Waals surface area (Å²) in [7, 11) is 0. The number of nitrogens with zero attached hydrogens (tertiary/aromatic N) is 5. The fourth-order valence-corrected chi connectivity index (χ4v) is 4.36. The maximum Gasteiger partial charge on any atom is 0.264 e. The molecule has 2 aromatic carbocycles. The second kappa shape index (κ2) is 7.88. The summed E-state index contributed by atoms with van der Waals surface area (Å²) in [6.45, 7) is 2.70. The summed E-state index contributed by atoms with van der Waals surface area (Å²) < 4.78 is 15.1. The van der Waals surface area contributed by atoms with E-state index in [0.717, 1.165) is 27.6 Å². The van der Waals surface area contributed by atoms with Crippen molar-refractivity contribution in [1.82, 2.24) is 24.9 Å². The van der Waals surface area contributed by atoms with Gasteiger partial charge in [-0.25, -0.2) is 4.39 Å². The van der Waals surface area contributed by atoms with E-state index >= 15 is 0 Å². The van der Waals surface area contributed by atoms with Crippen LogP contribution in [0.15, 0.2) is 66.0 Å². The van der Waals surface area contributed by atoms with Crippen LogP contribution in [-0.2, 0) is 13.1 Å². The maximum absolute atomic E-state index is 13.4. The predicted octanol–water partition coefficient (Wildman–Crippen LogP) is 4.63. The number of carbonyl (C=O) groups excluding carboxylic acids is 1. The van der Waals surface area contributed by atoms with Crippen LogP contribution in [0.3, 0.4) is 0 Å². The molecule has 6 nitrogen and oxygen atoms in total. The number of halogens is 1. The Hall–Kier alpha value is -3.65. The lowest BCUT2D eigenvalue weighted by Crippen LogP contribution is -2.29. The first-order valence-electron chi connectivity index (χ1n) is 9.76. The van der Waals surface area contributed by atoms with Crippen LogP contribution in [0.2, 0.25) is 0 Å². The highest BCUT2D eigenvalue weighted by Gasteiger charge is 2.20. The van der Waals surface area contributed by atoms with Gasteiger partial charge in [0.15, 0.2) is 5.65 Å². The minimum Gasteiger partial charge on any atom is -0.329 e. The van der Waals surface area contributed by atoms with Gasteiger partial charge in [-0.15, -0.1) is 16.4 Å². The van der Waals surface area contributed by atoms with Crippen molar-refractivity contribution >= 4 is 33.8 Å². The number of amides is 1. The Bertz CT molecular complexity index is 1380. The van der Waals surface area contributed by atoms with Crippen molar-refractivity contribution in [2.24, 2.45) is 0 Å². The van der Waals surface area contributed by atoms with Crippen molar-refractivity contribution in [2.75, 3.05) is 0 Å². The lowest BCUT2D eigenvalue weighted by molar-refractivity contribution is 0.0735. The van der Waals surface area contributed by atoms with Crippen LogP contribution in [-0.4, -0.2) is 30.8 Å². The van der Waals surface area contributed by atoms with E-state index in [1.165, 1.54) is 23.5 Å². The fraction of sp³-hybridized carbons (Fsp3) is 0.130. The number of tetrazole rings is 1. The Kier molecular flexibility index (Phi) is 4.91. The van der Waals surface area contributed by atoms with Crippen molar-refractivity contribution < 1.29 is 9.18 Å². The van der Waals surface area contributed by atoms with Crippen molar-refractivity contribution in [2.45, 2.75) is 20.0 Å². The van der Waals surface area contributed by atoms with Gasteiger partial charge in [0.2, 0.25) is 0 Å². The van der Waals surface area contributed by atoms with Gasteiger partial charge >= 0.3 is 0 Å². The third-order valence-electron chi connectivity index (χ3n) is 5.16. The zero-order valence-corrected chi connectivity index (χ0v) is 17.5. The number of pyridine rings is 1. The number of benzene rings is 2. The van der Waals surface area contributed by atoms with E-state index < -0.39 is 0 Å². The molecule has 0 unspecified atom stereocenters. The Morgan fingerprint density at radius 2 is 1.94 bits per heavy atom. The summed E-state index contributed by atoms with van der Waals surface area (Å²) in [6, 6.07) is 18.0. The molecular weight excluding hydrogens is 413 g/mol. The van der Waals surface area contributed by atoms with Gasteiger partial charge < -0.3 is 4.90 Å². The fourth-order valence-electron chi connectivity index (χ4n) is 3.67. The molecule has 0 N–H and O–H groups in total. The number of thiophene rings is 1. The van der Waals surface area contributed by atoms with Crippen LogP contribution in [0.25, 0.3) is 16.6 Å². The number of hydrogen-bond donors (Lipinski definition) is 0. The summed E-state index contributed by atoms with van der Waals surface area (Å²) in [4.78, 5) is 15.7. The van der Waals surface area contributed by atoms with E-state index in [4.69, 9.17) is 0 Å². The molecule has 0 saturated carbocycles. The lowest BCUT2D eigenvalue weighted by atomic mass is 10.1. The largest absolute Gasteiger partial charge is 0.329 e. The maximum atomic E-state index is 13.4. The van der Waals surface area contributed by atoms with E-state index in [1.807, 2.05) is 42.6 Å². The number of carbonyl (C=O) groups is 1. The minimum absolute atomic E-state index is 0.0886. The highest BCUT2D eigenvalue weighted by molar-refractivity contribution is 7.12. The quantitative estimate of drug-likeness (QED) is 0.407. The second-order valence-electron chi connectivity index (χ2n) is 7.41. The van der Waals surface area contributed by atoms with Crippen molar-refractivity contribution in [3.63, 3.8) is 0 Å². The van der Waals surface area contributed by atoms with E-state index in [-0.39, 0.29) is 11.7 Å². The average Bonchev–Trinajstić information content (AvgIpc) is 3.46. The molecule has 0 spiro atoms. The van der Waals surface area contributed by atoms with Crippen LogP contribution in [0.4, 0.5) is 4.39 Å². The number of fused-ring (bicyclic) bond motifs is 3. The van der Waals surface area contributed by atoms with Gasteiger partial charge in [0.05, 0.1) is 16.9 Å². The molecular formula is C23H18FN5OS. The first-order chi connectivity index (χ1) is 15.1. The van der Waals surface area contributed by atoms with Gasteiger partial charge in [-0.2, -0.15) is 4.52 Å². The number of aromatic nitrogens is 4. The number of rotatable bonds is 5. The van der Waals surface area contributed by atoms with Crippen molar-refractivity contribution in [1.29, 1.82) is 0 Å². The van der Waals surface area contributed by atoms with Gasteiger partial charge in [0.1, 0.15) is 5.82 Å². The number of aryl methyl sites for hydroxylation is 1. The Morgan fingerprint density at radius 3 is 2.71 bits per heavy atom. The molecule has 5 aromatic rings. The monoisotopic (exact) mass is 431 g/mol. The molecule has 3 aromatic heterocycles. The standard InChI is InChI=1S/C23H18FN5OS/c1-15-4-9-20-17(11-15)12-18(22-25-26-27-29(20)22)14-28(23(30)21-3-2-10-31-21)13-16-5-7-19(24)8-6-16/h2-12H,13-14H2,1H3. The van der Waals surface area contributed by atoms with E-state index in [0.29, 0.717) is 23.6 Å². The molecule has 0 bridgehead atoms. The van der Waals surface area contributed by atoms with Gasteiger partial charge in [-0.3, -0.25) is 4.79 Å². The highest BCUT2D eigenvalue weighted by Crippen LogP contribution is 2.24. The molecule has 0 atom stereocenters. The molecule has 0 aliphatic heterocycles. The first-order valence-corrected chi connectivity index (χ1v) is 10.6. The zero-order chi connectivity index (χ0) is 21.4. The average molecular weight is 431 g/mol. The summed E-state index contributed by atoms with van der Waals surface area (Å²) in [5.41, 5.74) is 4.33. The van der Waals surface area contributed by atoms with Crippen molar-refractivity contribution in [3.8, 4) is 0 Å². The smallest absolute Gasteiger partial charge is 0.264 e.